The summed E-state index contributed by atoms with van der Waals surface area (Å²) in [5.74, 6) is -0.210. The van der Waals surface area contributed by atoms with Gasteiger partial charge in [-0.2, -0.15) is 0 Å². The van der Waals surface area contributed by atoms with E-state index in [2.05, 4.69) is 12.2 Å². The lowest BCUT2D eigenvalue weighted by Crippen LogP contribution is -2.13. The maximum atomic E-state index is 11.9. The highest BCUT2D eigenvalue weighted by molar-refractivity contribution is 7.18. The van der Waals surface area contributed by atoms with Crippen molar-refractivity contribution in [3.8, 4) is 0 Å². The van der Waals surface area contributed by atoms with E-state index >= 15 is 0 Å². The molecule has 110 valence electrons. The molecule has 0 radical (unpaired) electrons. The number of Topliss-reactive ketones (excluding diaryl/α,β-unsaturated/α-hetero) is 1. The molecule has 1 N–H and O–H groups in total. The molecule has 0 aliphatic carbocycles. The van der Waals surface area contributed by atoms with Crippen molar-refractivity contribution in [2.24, 2.45) is 0 Å². The maximum Gasteiger partial charge on any atom is 0.224 e. The second-order valence-electron chi connectivity index (χ2n) is 4.63. The van der Waals surface area contributed by atoms with Crippen LogP contribution in [0.1, 0.15) is 35.0 Å². The van der Waals surface area contributed by atoms with E-state index in [1.54, 1.807) is 12.1 Å². The van der Waals surface area contributed by atoms with E-state index in [4.69, 9.17) is 11.6 Å². The third-order valence-electron chi connectivity index (χ3n) is 3.07. The first-order valence-corrected chi connectivity index (χ1v) is 7.95. The molecule has 1 heterocycles. The second kappa shape index (κ2) is 7.38. The van der Waals surface area contributed by atoms with E-state index in [0.29, 0.717) is 9.21 Å². The minimum Gasteiger partial charge on any atom is -0.326 e. The first-order chi connectivity index (χ1) is 10.1. The molecule has 21 heavy (non-hydrogen) atoms. The monoisotopic (exact) mass is 321 g/mol. The van der Waals surface area contributed by atoms with Gasteiger partial charge in [-0.1, -0.05) is 30.7 Å². The summed E-state index contributed by atoms with van der Waals surface area (Å²) in [7, 11) is 0. The van der Waals surface area contributed by atoms with Crippen LogP contribution in [0.15, 0.2) is 36.4 Å². The van der Waals surface area contributed by atoms with E-state index < -0.39 is 0 Å². The Kier molecular flexibility index (Phi) is 5.53. The topological polar surface area (TPSA) is 46.2 Å². The van der Waals surface area contributed by atoms with Crippen LogP contribution in [0.3, 0.4) is 0 Å². The van der Waals surface area contributed by atoms with Gasteiger partial charge in [0.25, 0.3) is 0 Å². The van der Waals surface area contributed by atoms with Gasteiger partial charge in [0, 0.05) is 18.5 Å². The molecule has 5 heteroatoms. The van der Waals surface area contributed by atoms with E-state index in [1.165, 1.54) is 16.9 Å². The third kappa shape index (κ3) is 4.69. The summed E-state index contributed by atoms with van der Waals surface area (Å²) in [6.45, 7) is 2.08. The summed E-state index contributed by atoms with van der Waals surface area (Å²) in [4.78, 5) is 24.3. The van der Waals surface area contributed by atoms with Crippen molar-refractivity contribution >= 4 is 40.3 Å². The number of carbonyl (C=O) groups excluding carboxylic acids is 2. The number of anilines is 1. The first kappa shape index (κ1) is 15.7. The summed E-state index contributed by atoms with van der Waals surface area (Å²) >= 11 is 7.03. The molecule has 0 unspecified atom stereocenters. The Morgan fingerprint density at radius 3 is 2.38 bits per heavy atom. The number of hydrogen-bond donors (Lipinski definition) is 1. The van der Waals surface area contributed by atoms with Gasteiger partial charge in [-0.05, 0) is 36.2 Å². The Hall–Kier alpha value is -1.65. The molecular formula is C16H16ClNO2S. The van der Waals surface area contributed by atoms with Crippen LogP contribution in [0.4, 0.5) is 5.69 Å². The van der Waals surface area contributed by atoms with Gasteiger partial charge < -0.3 is 5.32 Å². The van der Waals surface area contributed by atoms with Crippen molar-refractivity contribution in [1.82, 2.24) is 0 Å². The molecule has 0 fully saturated rings. The number of nitrogens with one attached hydrogen (secondary N) is 1. The molecule has 0 aliphatic heterocycles. The summed E-state index contributed by atoms with van der Waals surface area (Å²) in [5.41, 5.74) is 1.97. The summed E-state index contributed by atoms with van der Waals surface area (Å²) < 4.78 is 0.582. The average Bonchev–Trinajstić information content (AvgIpc) is 2.92. The minimum atomic E-state index is -0.157. The standard InChI is InChI=1S/C16H16ClNO2S/c1-2-11-3-5-12(6-4-11)18-16(20)10-7-13(19)14-8-9-15(17)21-14/h3-6,8-9H,2,7,10H2,1H3,(H,18,20). The number of carbonyl (C=O) groups is 2. The van der Waals surface area contributed by atoms with Gasteiger partial charge in [0.1, 0.15) is 0 Å². The van der Waals surface area contributed by atoms with Gasteiger partial charge in [-0.3, -0.25) is 9.59 Å². The van der Waals surface area contributed by atoms with E-state index in [1.807, 2.05) is 24.3 Å². The predicted molar refractivity (Wildman–Crippen MR) is 87.3 cm³/mol. The zero-order chi connectivity index (χ0) is 15.2. The predicted octanol–water partition coefficient (Wildman–Crippen LogP) is 4.57. The highest BCUT2D eigenvalue weighted by Gasteiger charge is 2.11. The van der Waals surface area contributed by atoms with Crippen LogP contribution in [-0.4, -0.2) is 11.7 Å². The van der Waals surface area contributed by atoms with Crippen molar-refractivity contribution in [1.29, 1.82) is 0 Å². The van der Waals surface area contributed by atoms with Crippen LogP contribution in [0.5, 0.6) is 0 Å². The summed E-state index contributed by atoms with van der Waals surface area (Å²) in [6, 6.07) is 11.1. The molecule has 0 saturated heterocycles. The zero-order valence-electron chi connectivity index (χ0n) is 11.7. The number of amides is 1. The number of hydrogen-bond acceptors (Lipinski definition) is 3. The smallest absolute Gasteiger partial charge is 0.224 e. The van der Waals surface area contributed by atoms with Crippen molar-refractivity contribution in [3.05, 3.63) is 51.2 Å². The number of ketones is 1. The summed E-state index contributed by atoms with van der Waals surface area (Å²) in [5, 5.41) is 2.79. The Morgan fingerprint density at radius 2 is 1.81 bits per heavy atom. The zero-order valence-corrected chi connectivity index (χ0v) is 13.3. The molecule has 2 rings (SSSR count). The van der Waals surface area contributed by atoms with Crippen molar-refractivity contribution in [2.75, 3.05) is 5.32 Å². The van der Waals surface area contributed by atoms with E-state index in [9.17, 15) is 9.59 Å². The van der Waals surface area contributed by atoms with E-state index in [-0.39, 0.29) is 24.5 Å². The number of thiophene rings is 1. The number of benzene rings is 1. The van der Waals surface area contributed by atoms with Crippen LogP contribution in [-0.2, 0) is 11.2 Å². The van der Waals surface area contributed by atoms with E-state index in [0.717, 1.165) is 12.1 Å². The SMILES string of the molecule is CCc1ccc(NC(=O)CCC(=O)c2ccc(Cl)s2)cc1. The molecule has 1 aromatic heterocycles. The minimum absolute atomic E-state index is 0.0524. The molecule has 0 atom stereocenters. The van der Waals surface area contributed by atoms with Gasteiger partial charge in [0.2, 0.25) is 5.91 Å². The van der Waals surface area contributed by atoms with Gasteiger partial charge >= 0.3 is 0 Å². The van der Waals surface area contributed by atoms with Crippen LogP contribution in [0.2, 0.25) is 4.34 Å². The lowest BCUT2D eigenvalue weighted by Gasteiger charge is -2.05. The van der Waals surface area contributed by atoms with Gasteiger partial charge in [-0.25, -0.2) is 0 Å². The molecule has 0 aliphatic rings. The molecule has 1 amide bonds. The lowest BCUT2D eigenvalue weighted by molar-refractivity contribution is -0.116. The highest BCUT2D eigenvalue weighted by atomic mass is 35.5. The van der Waals surface area contributed by atoms with Crippen LogP contribution >= 0.6 is 22.9 Å². The first-order valence-electron chi connectivity index (χ1n) is 6.76. The van der Waals surface area contributed by atoms with Crippen LogP contribution in [0, 0.1) is 0 Å². The fraction of sp³-hybridized carbons (Fsp3) is 0.250. The quantitative estimate of drug-likeness (QED) is 0.792. The molecule has 0 saturated carbocycles. The largest absolute Gasteiger partial charge is 0.326 e. The second-order valence-corrected chi connectivity index (χ2v) is 6.34. The fourth-order valence-corrected chi connectivity index (χ4v) is 2.87. The lowest BCUT2D eigenvalue weighted by atomic mass is 10.1. The fourth-order valence-electron chi connectivity index (χ4n) is 1.86. The van der Waals surface area contributed by atoms with Crippen LogP contribution < -0.4 is 5.32 Å². The number of halogens is 1. The third-order valence-corrected chi connectivity index (χ3v) is 4.35. The van der Waals surface area contributed by atoms with Gasteiger partial charge in [0.05, 0.1) is 9.21 Å². The van der Waals surface area contributed by atoms with Crippen molar-refractivity contribution in [2.45, 2.75) is 26.2 Å². The molecule has 2 aromatic rings. The molecule has 1 aromatic carbocycles. The van der Waals surface area contributed by atoms with Gasteiger partial charge in [0.15, 0.2) is 5.78 Å². The molecule has 3 nitrogen and oxygen atoms in total. The highest BCUT2D eigenvalue weighted by Crippen LogP contribution is 2.23. The Labute approximate surface area is 132 Å². The van der Waals surface area contributed by atoms with Crippen molar-refractivity contribution < 1.29 is 9.59 Å². The molecule has 0 bridgehead atoms. The molecular weight excluding hydrogens is 306 g/mol. The van der Waals surface area contributed by atoms with Gasteiger partial charge in [-0.15, -0.1) is 11.3 Å². The van der Waals surface area contributed by atoms with Crippen molar-refractivity contribution in [3.63, 3.8) is 0 Å². The average molecular weight is 322 g/mol. The maximum absolute atomic E-state index is 11.9. The normalized spacial score (nSPS) is 10.4. The Morgan fingerprint density at radius 1 is 1.10 bits per heavy atom. The Bertz CT molecular complexity index is 634. The number of aryl methyl sites for hydroxylation is 1. The molecule has 0 spiro atoms. The number of rotatable bonds is 6. The Balaban J connectivity index is 1.82. The summed E-state index contributed by atoms with van der Waals surface area (Å²) in [6.07, 6.45) is 1.33. The van der Waals surface area contributed by atoms with Crippen LogP contribution in [0.25, 0.3) is 0 Å².